The number of piperidine rings is 1. The number of rotatable bonds is 1. The molecule has 1 aromatic carbocycles. The summed E-state index contributed by atoms with van der Waals surface area (Å²) >= 11 is 0. The Morgan fingerprint density at radius 3 is 2.62 bits per heavy atom. The molecule has 2 fully saturated rings. The lowest BCUT2D eigenvalue weighted by Gasteiger charge is -2.11. The van der Waals surface area contributed by atoms with Crippen molar-refractivity contribution in [2.45, 2.75) is 11.8 Å². The quantitative estimate of drug-likeness (QED) is 0.688. The van der Waals surface area contributed by atoms with Crippen molar-refractivity contribution in [1.29, 1.82) is 0 Å². The summed E-state index contributed by atoms with van der Waals surface area (Å²) in [6.45, 7) is 2.21. The Bertz CT molecular complexity index is 332. The molecule has 0 bridgehead atoms. The molecule has 1 aromatic rings. The Morgan fingerprint density at radius 2 is 2.08 bits per heavy atom. The van der Waals surface area contributed by atoms with Gasteiger partial charge in [0.25, 0.3) is 0 Å². The molecule has 1 saturated carbocycles. The van der Waals surface area contributed by atoms with Crippen LogP contribution in [0.15, 0.2) is 24.3 Å². The van der Waals surface area contributed by atoms with Crippen molar-refractivity contribution in [2.24, 2.45) is 5.92 Å². The van der Waals surface area contributed by atoms with Crippen LogP contribution in [-0.4, -0.2) is 13.1 Å². The van der Waals surface area contributed by atoms with E-state index in [1.807, 2.05) is 12.1 Å². The minimum Gasteiger partial charge on any atom is -0.316 e. The predicted octanol–water partition coefficient (Wildman–Crippen LogP) is 1.69. The van der Waals surface area contributed by atoms with Crippen LogP contribution < -0.4 is 5.32 Å². The van der Waals surface area contributed by atoms with Gasteiger partial charge in [-0.05, 0) is 36.6 Å². The molecule has 1 aliphatic carbocycles. The highest BCUT2D eigenvalue weighted by atomic mass is 19.1. The zero-order chi connectivity index (χ0) is 8.89. The number of benzene rings is 1. The molecule has 1 nitrogen and oxygen atoms in total. The number of fused-ring (bicyclic) bond motifs is 1. The Hall–Kier alpha value is -0.890. The minimum atomic E-state index is -0.136. The largest absolute Gasteiger partial charge is 0.316 e. The van der Waals surface area contributed by atoms with Crippen molar-refractivity contribution in [3.8, 4) is 0 Å². The summed E-state index contributed by atoms with van der Waals surface area (Å²) in [7, 11) is 0. The van der Waals surface area contributed by atoms with Gasteiger partial charge in [0.2, 0.25) is 0 Å². The summed E-state index contributed by atoms with van der Waals surface area (Å²) in [6.07, 6.45) is 1.28. The number of hydrogen-bond acceptors (Lipinski definition) is 1. The molecule has 1 saturated heterocycles. The van der Waals surface area contributed by atoms with E-state index in [1.54, 1.807) is 12.1 Å². The topological polar surface area (TPSA) is 12.0 Å². The van der Waals surface area contributed by atoms with Crippen molar-refractivity contribution >= 4 is 0 Å². The minimum absolute atomic E-state index is 0.136. The van der Waals surface area contributed by atoms with Gasteiger partial charge in [-0.1, -0.05) is 12.1 Å². The summed E-state index contributed by atoms with van der Waals surface area (Å²) < 4.78 is 12.7. The van der Waals surface area contributed by atoms with Crippen LogP contribution >= 0.6 is 0 Å². The van der Waals surface area contributed by atoms with Gasteiger partial charge in [0.05, 0.1) is 0 Å². The standard InChI is InChI=1S/C11H12FN/c12-10-3-1-8(2-4-10)11-5-9(11)6-13-7-11/h1-4,9,13H,5-7H2/t9-,11-/m0/s1. The maximum atomic E-state index is 12.7. The molecule has 0 radical (unpaired) electrons. The van der Waals surface area contributed by atoms with Crippen LogP contribution in [0.4, 0.5) is 4.39 Å². The summed E-state index contributed by atoms with van der Waals surface area (Å²) in [4.78, 5) is 0. The highest BCUT2D eigenvalue weighted by Crippen LogP contribution is 2.56. The molecule has 0 amide bonds. The van der Waals surface area contributed by atoms with Gasteiger partial charge in [0.15, 0.2) is 0 Å². The van der Waals surface area contributed by atoms with E-state index in [0.717, 1.165) is 19.0 Å². The zero-order valence-corrected chi connectivity index (χ0v) is 7.39. The summed E-state index contributed by atoms with van der Waals surface area (Å²) in [5, 5.41) is 3.38. The molecule has 13 heavy (non-hydrogen) atoms. The van der Waals surface area contributed by atoms with Gasteiger partial charge in [-0.2, -0.15) is 0 Å². The smallest absolute Gasteiger partial charge is 0.123 e. The van der Waals surface area contributed by atoms with Crippen LogP contribution in [0.5, 0.6) is 0 Å². The van der Waals surface area contributed by atoms with Gasteiger partial charge < -0.3 is 5.32 Å². The van der Waals surface area contributed by atoms with Crippen LogP contribution in [0.25, 0.3) is 0 Å². The molecule has 1 heterocycles. The van der Waals surface area contributed by atoms with Crippen LogP contribution in [0, 0.1) is 11.7 Å². The van der Waals surface area contributed by atoms with Crippen molar-refractivity contribution in [2.75, 3.05) is 13.1 Å². The third-order valence-electron chi connectivity index (χ3n) is 3.48. The zero-order valence-electron chi connectivity index (χ0n) is 7.39. The Kier molecular flexibility index (Phi) is 1.34. The third-order valence-corrected chi connectivity index (χ3v) is 3.48. The lowest BCUT2D eigenvalue weighted by atomic mass is 9.95. The molecule has 1 N–H and O–H groups in total. The number of nitrogens with one attached hydrogen (secondary N) is 1. The predicted molar refractivity (Wildman–Crippen MR) is 49.1 cm³/mol. The van der Waals surface area contributed by atoms with Gasteiger partial charge in [0.1, 0.15) is 5.82 Å². The summed E-state index contributed by atoms with van der Waals surface area (Å²) in [6, 6.07) is 7.00. The molecule has 2 atom stereocenters. The van der Waals surface area contributed by atoms with E-state index in [4.69, 9.17) is 0 Å². The van der Waals surface area contributed by atoms with Gasteiger partial charge >= 0.3 is 0 Å². The average Bonchev–Trinajstić information content (AvgIpc) is 2.71. The average molecular weight is 177 g/mol. The summed E-state index contributed by atoms with van der Waals surface area (Å²) in [5.41, 5.74) is 1.68. The van der Waals surface area contributed by atoms with E-state index in [2.05, 4.69) is 5.32 Å². The van der Waals surface area contributed by atoms with Crippen molar-refractivity contribution in [1.82, 2.24) is 5.32 Å². The van der Waals surface area contributed by atoms with E-state index >= 15 is 0 Å². The van der Waals surface area contributed by atoms with Crippen LogP contribution in [-0.2, 0) is 5.41 Å². The molecule has 0 aromatic heterocycles. The first kappa shape index (κ1) is 7.51. The summed E-state index contributed by atoms with van der Waals surface area (Å²) in [5.74, 6) is 0.668. The van der Waals surface area contributed by atoms with Crippen molar-refractivity contribution in [3.05, 3.63) is 35.6 Å². The lowest BCUT2D eigenvalue weighted by molar-refractivity contribution is 0.622. The first-order chi connectivity index (χ1) is 6.31. The fourth-order valence-electron chi connectivity index (χ4n) is 2.57. The maximum absolute atomic E-state index is 12.7. The molecule has 2 heteroatoms. The first-order valence-corrected chi connectivity index (χ1v) is 4.78. The van der Waals surface area contributed by atoms with Crippen LogP contribution in [0.1, 0.15) is 12.0 Å². The van der Waals surface area contributed by atoms with Gasteiger partial charge in [-0.15, -0.1) is 0 Å². The molecule has 1 aliphatic heterocycles. The molecular formula is C11H12FN. The third kappa shape index (κ3) is 0.953. The van der Waals surface area contributed by atoms with Crippen LogP contribution in [0.3, 0.4) is 0 Å². The van der Waals surface area contributed by atoms with Crippen molar-refractivity contribution in [3.63, 3.8) is 0 Å². The Labute approximate surface area is 77.0 Å². The van der Waals surface area contributed by atoms with Crippen LogP contribution in [0.2, 0.25) is 0 Å². The molecular weight excluding hydrogens is 165 g/mol. The molecule has 0 spiro atoms. The SMILES string of the molecule is Fc1ccc([C@]23CNC[C@@H]2C3)cc1. The normalized spacial score (nSPS) is 35.9. The van der Waals surface area contributed by atoms with E-state index < -0.39 is 0 Å². The molecule has 0 unspecified atom stereocenters. The second kappa shape index (κ2) is 2.32. The molecule has 68 valence electrons. The van der Waals surface area contributed by atoms with Gasteiger partial charge in [-0.3, -0.25) is 0 Å². The lowest BCUT2D eigenvalue weighted by Crippen LogP contribution is -2.19. The molecule has 2 aliphatic rings. The van der Waals surface area contributed by atoms with E-state index in [-0.39, 0.29) is 5.82 Å². The molecule has 3 rings (SSSR count). The second-order valence-electron chi connectivity index (χ2n) is 4.19. The Balaban J connectivity index is 1.97. The van der Waals surface area contributed by atoms with Gasteiger partial charge in [0, 0.05) is 12.0 Å². The fraction of sp³-hybridized carbons (Fsp3) is 0.455. The number of halogens is 1. The fourth-order valence-corrected chi connectivity index (χ4v) is 2.57. The second-order valence-corrected chi connectivity index (χ2v) is 4.19. The van der Waals surface area contributed by atoms with Crippen molar-refractivity contribution < 1.29 is 4.39 Å². The first-order valence-electron chi connectivity index (χ1n) is 4.78. The van der Waals surface area contributed by atoms with Gasteiger partial charge in [-0.25, -0.2) is 4.39 Å². The monoisotopic (exact) mass is 177 g/mol. The van der Waals surface area contributed by atoms with E-state index in [1.165, 1.54) is 12.0 Å². The maximum Gasteiger partial charge on any atom is 0.123 e. The Morgan fingerprint density at radius 1 is 1.31 bits per heavy atom. The number of hydrogen-bond donors (Lipinski definition) is 1. The highest BCUT2D eigenvalue weighted by Gasteiger charge is 2.57. The highest BCUT2D eigenvalue weighted by molar-refractivity contribution is 5.36. The van der Waals surface area contributed by atoms with E-state index in [0.29, 0.717) is 5.41 Å². The van der Waals surface area contributed by atoms with E-state index in [9.17, 15) is 4.39 Å².